The Morgan fingerprint density at radius 3 is 2.83 bits per heavy atom. The van der Waals surface area contributed by atoms with Crippen LogP contribution < -0.4 is 10.1 Å². The third-order valence-corrected chi connectivity index (χ3v) is 4.01. The van der Waals surface area contributed by atoms with Crippen molar-refractivity contribution in [1.29, 1.82) is 0 Å². The molecule has 0 radical (unpaired) electrons. The van der Waals surface area contributed by atoms with Crippen LogP contribution in [0.1, 0.15) is 10.5 Å². The number of anilines is 1. The smallest absolute Gasteiger partial charge is 0.275 e. The maximum absolute atomic E-state index is 14.3. The highest BCUT2D eigenvalue weighted by Gasteiger charge is 2.20. The van der Waals surface area contributed by atoms with E-state index in [9.17, 15) is 13.6 Å². The van der Waals surface area contributed by atoms with Gasteiger partial charge in [-0.2, -0.15) is 0 Å². The van der Waals surface area contributed by atoms with Crippen molar-refractivity contribution in [3.05, 3.63) is 59.4 Å². The number of nitrogens with one attached hydrogen (secondary N) is 1. The molecule has 2 aromatic heterocycles. The minimum Gasteiger partial charge on any atom is -0.494 e. The van der Waals surface area contributed by atoms with Gasteiger partial charge in [-0.3, -0.25) is 9.78 Å². The van der Waals surface area contributed by atoms with Gasteiger partial charge in [0.15, 0.2) is 11.6 Å². The molecule has 5 nitrogen and oxygen atoms in total. The second-order valence-electron chi connectivity index (χ2n) is 4.67. The third-order valence-electron chi connectivity index (χ3n) is 3.15. The summed E-state index contributed by atoms with van der Waals surface area (Å²) in [5.41, 5.74) is 0.232. The number of thiazole rings is 1. The first kappa shape index (κ1) is 16.0. The van der Waals surface area contributed by atoms with E-state index in [1.54, 1.807) is 18.3 Å². The number of aromatic nitrogens is 2. The first-order valence-electron chi connectivity index (χ1n) is 6.79. The highest BCUT2D eigenvalue weighted by Crippen LogP contribution is 2.33. The van der Waals surface area contributed by atoms with E-state index >= 15 is 0 Å². The van der Waals surface area contributed by atoms with Gasteiger partial charge in [-0.05, 0) is 24.3 Å². The quantitative estimate of drug-likeness (QED) is 0.781. The minimum atomic E-state index is -0.855. The maximum Gasteiger partial charge on any atom is 0.275 e. The lowest BCUT2D eigenvalue weighted by Crippen LogP contribution is -2.12. The van der Waals surface area contributed by atoms with Gasteiger partial charge in [-0.15, -0.1) is 11.3 Å². The molecule has 1 aromatic carbocycles. The predicted molar refractivity (Wildman–Crippen MR) is 86.2 cm³/mol. The Balaban J connectivity index is 1.90. The van der Waals surface area contributed by atoms with Crippen LogP contribution in [0.3, 0.4) is 0 Å². The lowest BCUT2D eigenvalue weighted by Gasteiger charge is -2.06. The number of amides is 1. The molecule has 8 heteroatoms. The number of methoxy groups -OCH3 is 1. The first-order valence-corrected chi connectivity index (χ1v) is 7.67. The molecule has 2 heterocycles. The molecule has 3 rings (SSSR count). The molecule has 1 N–H and O–H groups in total. The summed E-state index contributed by atoms with van der Waals surface area (Å²) in [6, 6.07) is 5.62. The van der Waals surface area contributed by atoms with Crippen LogP contribution in [0.25, 0.3) is 10.6 Å². The van der Waals surface area contributed by atoms with Gasteiger partial charge in [-0.25, -0.2) is 13.8 Å². The van der Waals surface area contributed by atoms with E-state index in [2.05, 4.69) is 15.3 Å². The fourth-order valence-electron chi connectivity index (χ4n) is 2.01. The molecule has 0 saturated heterocycles. The number of hydrogen-bond donors (Lipinski definition) is 1. The van der Waals surface area contributed by atoms with E-state index in [0.29, 0.717) is 5.69 Å². The van der Waals surface area contributed by atoms with Crippen LogP contribution in [0.4, 0.5) is 14.5 Å². The van der Waals surface area contributed by atoms with Crippen LogP contribution in [0, 0.1) is 11.6 Å². The Labute approximate surface area is 140 Å². The molecule has 0 atom stereocenters. The summed E-state index contributed by atoms with van der Waals surface area (Å²) in [4.78, 5) is 20.0. The fraction of sp³-hybridized carbons (Fsp3) is 0.0625. The molecular weight excluding hydrogens is 336 g/mol. The standard InChI is InChI=1S/C16H11F2N3O2S/c1-23-12-5-4-10(17)13(14(12)18)16-21-11(8-24-16)15(22)20-9-3-2-6-19-7-9/h2-8H,1H3,(H,20,22). The highest BCUT2D eigenvalue weighted by atomic mass is 32.1. The van der Waals surface area contributed by atoms with Crippen LogP contribution >= 0.6 is 11.3 Å². The Kier molecular flexibility index (Phi) is 4.48. The molecule has 0 fully saturated rings. The molecule has 122 valence electrons. The van der Waals surface area contributed by atoms with E-state index in [1.165, 1.54) is 24.8 Å². The van der Waals surface area contributed by atoms with Crippen LogP contribution in [0.5, 0.6) is 5.75 Å². The largest absolute Gasteiger partial charge is 0.494 e. The van der Waals surface area contributed by atoms with Crippen molar-refractivity contribution in [2.75, 3.05) is 12.4 Å². The number of halogens is 2. The summed E-state index contributed by atoms with van der Waals surface area (Å²) in [6.45, 7) is 0. The number of pyridine rings is 1. The lowest BCUT2D eigenvalue weighted by molar-refractivity contribution is 0.102. The third kappa shape index (κ3) is 3.09. The van der Waals surface area contributed by atoms with Crippen molar-refractivity contribution < 1.29 is 18.3 Å². The molecule has 3 aromatic rings. The predicted octanol–water partition coefficient (Wildman–Crippen LogP) is 3.74. The molecular formula is C16H11F2N3O2S. The zero-order valence-corrected chi connectivity index (χ0v) is 13.2. The van der Waals surface area contributed by atoms with E-state index < -0.39 is 17.5 Å². The van der Waals surface area contributed by atoms with Crippen LogP contribution in [0.2, 0.25) is 0 Å². The molecule has 0 spiro atoms. The van der Waals surface area contributed by atoms with Crippen molar-refractivity contribution in [2.24, 2.45) is 0 Å². The normalized spacial score (nSPS) is 10.5. The number of nitrogens with zero attached hydrogens (tertiary/aromatic N) is 2. The number of ether oxygens (including phenoxy) is 1. The van der Waals surface area contributed by atoms with Gasteiger partial charge in [0.25, 0.3) is 5.91 Å². The van der Waals surface area contributed by atoms with E-state index in [1.807, 2.05) is 0 Å². The summed E-state index contributed by atoms with van der Waals surface area (Å²) in [5.74, 6) is -2.22. The molecule has 0 bridgehead atoms. The van der Waals surface area contributed by atoms with Gasteiger partial charge in [0.05, 0.1) is 24.6 Å². The van der Waals surface area contributed by atoms with Crippen molar-refractivity contribution in [2.45, 2.75) is 0 Å². The van der Waals surface area contributed by atoms with Crippen molar-refractivity contribution in [1.82, 2.24) is 9.97 Å². The van der Waals surface area contributed by atoms with E-state index in [0.717, 1.165) is 17.4 Å². The van der Waals surface area contributed by atoms with Crippen LogP contribution in [-0.4, -0.2) is 23.0 Å². The zero-order chi connectivity index (χ0) is 17.1. The van der Waals surface area contributed by atoms with Gasteiger partial charge < -0.3 is 10.1 Å². The second kappa shape index (κ2) is 6.71. The molecule has 0 aliphatic rings. The number of carbonyl (C=O) groups is 1. The zero-order valence-electron chi connectivity index (χ0n) is 12.4. The van der Waals surface area contributed by atoms with Crippen molar-refractivity contribution in [3.8, 4) is 16.3 Å². The minimum absolute atomic E-state index is 0.0558. The molecule has 0 unspecified atom stereocenters. The Morgan fingerprint density at radius 1 is 1.29 bits per heavy atom. The van der Waals surface area contributed by atoms with Crippen LogP contribution in [-0.2, 0) is 0 Å². The second-order valence-corrected chi connectivity index (χ2v) is 5.53. The fourth-order valence-corrected chi connectivity index (χ4v) is 2.85. The molecule has 0 aliphatic carbocycles. The van der Waals surface area contributed by atoms with E-state index in [-0.39, 0.29) is 22.0 Å². The first-order chi connectivity index (χ1) is 11.6. The van der Waals surface area contributed by atoms with E-state index in [4.69, 9.17) is 4.74 Å². The van der Waals surface area contributed by atoms with Gasteiger partial charge in [0.1, 0.15) is 16.5 Å². The molecule has 24 heavy (non-hydrogen) atoms. The van der Waals surface area contributed by atoms with Crippen LogP contribution in [0.15, 0.2) is 42.0 Å². The Morgan fingerprint density at radius 2 is 2.12 bits per heavy atom. The monoisotopic (exact) mass is 347 g/mol. The summed E-state index contributed by atoms with van der Waals surface area (Å²) in [6.07, 6.45) is 3.05. The van der Waals surface area contributed by atoms with Gasteiger partial charge in [-0.1, -0.05) is 0 Å². The number of benzene rings is 1. The topological polar surface area (TPSA) is 64.1 Å². The molecule has 0 aliphatic heterocycles. The maximum atomic E-state index is 14.3. The van der Waals surface area contributed by atoms with Gasteiger partial charge in [0, 0.05) is 11.6 Å². The molecule has 1 amide bonds. The molecule has 0 saturated carbocycles. The average molecular weight is 347 g/mol. The van der Waals surface area contributed by atoms with Crippen molar-refractivity contribution >= 4 is 22.9 Å². The summed E-state index contributed by atoms with van der Waals surface area (Å²) >= 11 is 0.966. The highest BCUT2D eigenvalue weighted by molar-refractivity contribution is 7.13. The Bertz CT molecular complexity index is 884. The summed E-state index contributed by atoms with van der Waals surface area (Å²) in [7, 11) is 1.29. The summed E-state index contributed by atoms with van der Waals surface area (Å²) in [5, 5.41) is 4.09. The Hall–Kier alpha value is -2.87. The number of hydrogen-bond acceptors (Lipinski definition) is 5. The van der Waals surface area contributed by atoms with Gasteiger partial charge >= 0.3 is 0 Å². The SMILES string of the molecule is COc1ccc(F)c(-c2nc(C(=O)Nc3cccnc3)cs2)c1F. The summed E-state index contributed by atoms with van der Waals surface area (Å²) < 4.78 is 33.1. The number of carbonyl (C=O) groups excluding carboxylic acids is 1. The lowest BCUT2D eigenvalue weighted by atomic mass is 10.2. The van der Waals surface area contributed by atoms with Crippen molar-refractivity contribution in [3.63, 3.8) is 0 Å². The average Bonchev–Trinajstić information content (AvgIpc) is 3.06. The number of rotatable bonds is 4. The van der Waals surface area contributed by atoms with Gasteiger partial charge in [0.2, 0.25) is 0 Å².